The van der Waals surface area contributed by atoms with Crippen molar-refractivity contribution in [2.75, 3.05) is 0 Å². The fourth-order valence-corrected chi connectivity index (χ4v) is 6.82. The SMILES string of the molecule is OC1=C2C=CC=CC2(Cl)C2(Cl)C(=C1)C(O)(Cl)C(Cl)(Cl)C(Cl)(Cl)C2(Cl)Cl. The second-order valence-electron chi connectivity index (χ2n) is 5.79. The molecule has 1 saturated carbocycles. The Bertz CT molecular complexity index is 777. The molecule has 1 fully saturated rings. The molecular weight excluding hydrogens is 519 g/mol. The highest BCUT2D eigenvalue weighted by atomic mass is 35.5. The highest BCUT2D eigenvalue weighted by Gasteiger charge is 2.85. The summed E-state index contributed by atoms with van der Waals surface area (Å²) in [6.07, 6.45) is 7.09. The summed E-state index contributed by atoms with van der Waals surface area (Å²) in [6, 6.07) is 0. The lowest BCUT2D eigenvalue weighted by molar-refractivity contribution is 0.0990. The molecule has 0 saturated heterocycles. The Morgan fingerprint density at radius 3 is 1.88 bits per heavy atom. The average molecular weight is 526 g/mol. The first-order valence-corrected chi connectivity index (χ1v) is 9.95. The van der Waals surface area contributed by atoms with E-state index in [0.29, 0.717) is 0 Å². The van der Waals surface area contributed by atoms with Crippen LogP contribution in [0.2, 0.25) is 0 Å². The fraction of sp³-hybridized carbons (Fsp3) is 0.429. The molecule has 138 valence electrons. The minimum absolute atomic E-state index is 0.148. The first kappa shape index (κ1) is 21.0. The van der Waals surface area contributed by atoms with Crippen molar-refractivity contribution in [3.8, 4) is 0 Å². The molecular formula is C14H7Cl9O2. The molecule has 3 unspecified atom stereocenters. The molecule has 0 radical (unpaired) electrons. The fourth-order valence-electron chi connectivity index (χ4n) is 3.15. The van der Waals surface area contributed by atoms with Crippen LogP contribution in [0.4, 0.5) is 0 Å². The molecule has 0 aromatic rings. The highest BCUT2D eigenvalue weighted by molar-refractivity contribution is 6.74. The summed E-state index contributed by atoms with van der Waals surface area (Å²) in [4.78, 5) is -3.91. The molecule has 0 heterocycles. The average Bonchev–Trinajstić information content (AvgIpc) is 2.49. The van der Waals surface area contributed by atoms with Crippen molar-refractivity contribution in [3.05, 3.63) is 47.3 Å². The van der Waals surface area contributed by atoms with E-state index in [2.05, 4.69) is 0 Å². The van der Waals surface area contributed by atoms with Gasteiger partial charge in [-0.3, -0.25) is 0 Å². The minimum atomic E-state index is -2.68. The van der Waals surface area contributed by atoms with Crippen LogP contribution < -0.4 is 0 Å². The number of fused-ring (bicyclic) bond motifs is 3. The summed E-state index contributed by atoms with van der Waals surface area (Å²) in [5.41, 5.74) is -0.208. The topological polar surface area (TPSA) is 40.5 Å². The molecule has 3 atom stereocenters. The monoisotopic (exact) mass is 522 g/mol. The van der Waals surface area contributed by atoms with E-state index in [1.807, 2.05) is 0 Å². The van der Waals surface area contributed by atoms with Crippen molar-refractivity contribution >= 4 is 104 Å². The minimum Gasteiger partial charge on any atom is -0.508 e. The Labute approximate surface area is 188 Å². The molecule has 0 amide bonds. The molecule has 25 heavy (non-hydrogen) atoms. The molecule has 2 N–H and O–H groups in total. The van der Waals surface area contributed by atoms with E-state index in [1.54, 1.807) is 12.2 Å². The maximum absolute atomic E-state index is 10.9. The van der Waals surface area contributed by atoms with Gasteiger partial charge in [-0.1, -0.05) is 106 Å². The number of rotatable bonds is 0. The lowest BCUT2D eigenvalue weighted by atomic mass is 9.65. The van der Waals surface area contributed by atoms with Crippen LogP contribution in [0.1, 0.15) is 0 Å². The van der Waals surface area contributed by atoms with Gasteiger partial charge in [0.05, 0.1) is 0 Å². The molecule has 0 aliphatic heterocycles. The van der Waals surface area contributed by atoms with Crippen molar-refractivity contribution in [1.82, 2.24) is 0 Å². The van der Waals surface area contributed by atoms with E-state index in [-0.39, 0.29) is 16.9 Å². The van der Waals surface area contributed by atoms with Crippen LogP contribution in [-0.4, -0.2) is 38.0 Å². The molecule has 0 spiro atoms. The third-order valence-corrected chi connectivity index (χ3v) is 11.0. The molecule has 11 heteroatoms. The smallest absolute Gasteiger partial charge is 0.200 e. The molecule has 0 aromatic carbocycles. The summed E-state index contributed by atoms with van der Waals surface area (Å²) in [6.45, 7) is 0. The Kier molecular flexibility index (Phi) is 4.79. The molecule has 2 nitrogen and oxygen atoms in total. The van der Waals surface area contributed by atoms with Gasteiger partial charge in [-0.15, -0.1) is 23.2 Å². The van der Waals surface area contributed by atoms with Gasteiger partial charge in [0.2, 0.25) is 0 Å². The summed E-state index contributed by atoms with van der Waals surface area (Å²) < 4.78 is -7.39. The number of aliphatic hydroxyl groups excluding tert-OH is 1. The number of alkyl halides is 9. The molecule has 3 aliphatic rings. The first-order chi connectivity index (χ1) is 11.1. The standard InChI is InChI=1S/C14H7Cl9O2/c15-9-4-2-1-3-6(9)7(24)5-8-10(9,16)12(18,19)14(22,23)13(20,21)11(8,17)25/h1-5,24-25H. The molecule has 0 bridgehead atoms. The second kappa shape index (κ2) is 5.69. The number of halogens is 9. The zero-order chi connectivity index (χ0) is 19.3. The molecule has 3 aliphatic carbocycles. The van der Waals surface area contributed by atoms with Crippen molar-refractivity contribution in [3.63, 3.8) is 0 Å². The zero-order valence-electron chi connectivity index (χ0n) is 11.7. The normalized spacial score (nSPS) is 43.4. The third kappa shape index (κ3) is 2.14. The summed E-state index contributed by atoms with van der Waals surface area (Å²) in [7, 11) is 0. The van der Waals surface area contributed by atoms with Gasteiger partial charge in [0.1, 0.15) is 15.5 Å². The van der Waals surface area contributed by atoms with E-state index in [9.17, 15) is 10.2 Å². The predicted molar refractivity (Wildman–Crippen MR) is 107 cm³/mol. The van der Waals surface area contributed by atoms with E-state index >= 15 is 0 Å². The van der Waals surface area contributed by atoms with E-state index in [1.165, 1.54) is 12.2 Å². The number of allylic oxidation sites excluding steroid dienone is 6. The Hall–Kier alpha value is 1.33. The highest BCUT2D eigenvalue weighted by Crippen LogP contribution is 2.76. The second-order valence-corrected chi connectivity index (χ2v) is 11.5. The summed E-state index contributed by atoms with van der Waals surface area (Å²) in [5.74, 6) is -0.342. The lowest BCUT2D eigenvalue weighted by Crippen LogP contribution is -2.78. The maximum Gasteiger partial charge on any atom is 0.200 e. The summed E-state index contributed by atoms with van der Waals surface area (Å²) in [5, 5.41) is 18.6. The van der Waals surface area contributed by atoms with Crippen LogP contribution in [0, 0.1) is 0 Å². The van der Waals surface area contributed by atoms with Crippen LogP contribution in [0.5, 0.6) is 0 Å². The van der Waals surface area contributed by atoms with Crippen molar-refractivity contribution < 1.29 is 10.2 Å². The van der Waals surface area contributed by atoms with Crippen LogP contribution in [0.3, 0.4) is 0 Å². The van der Waals surface area contributed by atoms with Gasteiger partial charge in [0, 0.05) is 11.1 Å². The van der Waals surface area contributed by atoms with Gasteiger partial charge in [0.25, 0.3) is 0 Å². The van der Waals surface area contributed by atoms with Gasteiger partial charge < -0.3 is 10.2 Å². The predicted octanol–water partition coefficient (Wildman–Crippen LogP) is 6.28. The zero-order valence-corrected chi connectivity index (χ0v) is 18.5. The van der Waals surface area contributed by atoms with Gasteiger partial charge in [-0.2, -0.15) is 0 Å². The maximum atomic E-state index is 10.9. The van der Waals surface area contributed by atoms with Gasteiger partial charge >= 0.3 is 0 Å². The Balaban J connectivity index is 2.48. The van der Waals surface area contributed by atoms with Gasteiger partial charge in [-0.25, -0.2) is 0 Å². The Morgan fingerprint density at radius 1 is 0.760 bits per heavy atom. The van der Waals surface area contributed by atoms with Crippen LogP contribution in [0.25, 0.3) is 0 Å². The number of aliphatic hydroxyl groups is 2. The van der Waals surface area contributed by atoms with Crippen molar-refractivity contribution in [2.24, 2.45) is 0 Å². The number of hydrogen-bond acceptors (Lipinski definition) is 2. The van der Waals surface area contributed by atoms with Crippen LogP contribution in [0.15, 0.2) is 47.3 Å². The first-order valence-electron chi connectivity index (χ1n) is 6.55. The van der Waals surface area contributed by atoms with Crippen LogP contribution >= 0.6 is 104 Å². The van der Waals surface area contributed by atoms with E-state index in [4.69, 9.17) is 104 Å². The largest absolute Gasteiger partial charge is 0.508 e. The van der Waals surface area contributed by atoms with Crippen molar-refractivity contribution in [1.29, 1.82) is 0 Å². The summed E-state index contributed by atoms with van der Waals surface area (Å²) >= 11 is 57.7. The molecule has 0 aromatic heterocycles. The quantitative estimate of drug-likeness (QED) is 0.365. The van der Waals surface area contributed by atoms with E-state index < -0.39 is 27.8 Å². The Morgan fingerprint density at radius 2 is 1.32 bits per heavy atom. The van der Waals surface area contributed by atoms with Crippen molar-refractivity contribution in [2.45, 2.75) is 27.8 Å². The van der Waals surface area contributed by atoms with Gasteiger partial charge in [0.15, 0.2) is 18.1 Å². The van der Waals surface area contributed by atoms with Gasteiger partial charge in [-0.05, 0) is 6.08 Å². The molecule has 3 rings (SSSR count). The third-order valence-electron chi connectivity index (χ3n) is 4.52. The number of hydrogen-bond donors (Lipinski definition) is 2. The van der Waals surface area contributed by atoms with E-state index in [0.717, 1.165) is 6.08 Å². The lowest BCUT2D eigenvalue weighted by Gasteiger charge is -2.63. The van der Waals surface area contributed by atoms with Crippen LogP contribution in [-0.2, 0) is 0 Å².